The topological polar surface area (TPSA) is 48.5 Å². The second kappa shape index (κ2) is 8.27. The Labute approximate surface area is 174 Å². The van der Waals surface area contributed by atoms with Gasteiger partial charge in [-0.2, -0.15) is 26.3 Å². The minimum absolute atomic E-state index is 0.116. The maximum Gasteiger partial charge on any atom is 0.419 e. The highest BCUT2D eigenvalue weighted by Crippen LogP contribution is 2.36. The molecule has 2 atom stereocenters. The fourth-order valence-corrected chi connectivity index (χ4v) is 3.70. The van der Waals surface area contributed by atoms with Crippen molar-refractivity contribution in [2.75, 3.05) is 23.3 Å². The van der Waals surface area contributed by atoms with Crippen LogP contribution in [0.3, 0.4) is 0 Å². The molecule has 5 nitrogen and oxygen atoms in total. The van der Waals surface area contributed by atoms with E-state index in [1.807, 2.05) is 0 Å². The van der Waals surface area contributed by atoms with Gasteiger partial charge in [0.2, 0.25) is 0 Å². The molecule has 2 aromatic rings. The molecule has 2 amide bonds. The third-order valence-corrected chi connectivity index (χ3v) is 5.01. The quantitative estimate of drug-likeness (QED) is 0.641. The lowest BCUT2D eigenvalue weighted by Crippen LogP contribution is -2.60. The van der Waals surface area contributed by atoms with Gasteiger partial charge in [-0.1, -0.05) is 0 Å². The van der Waals surface area contributed by atoms with E-state index in [4.69, 9.17) is 0 Å². The van der Waals surface area contributed by atoms with E-state index in [0.717, 1.165) is 30.3 Å². The first kappa shape index (κ1) is 22.7. The van der Waals surface area contributed by atoms with Gasteiger partial charge in [0.15, 0.2) is 0 Å². The Hall–Kier alpha value is -2.98. The summed E-state index contributed by atoms with van der Waals surface area (Å²) >= 11 is 0. The number of piperazine rings is 1. The molecule has 1 aliphatic heterocycles. The molecule has 2 heterocycles. The van der Waals surface area contributed by atoms with Crippen LogP contribution >= 0.6 is 0 Å². The summed E-state index contributed by atoms with van der Waals surface area (Å²) in [6.07, 6.45) is -7.76. The number of aromatic nitrogens is 1. The monoisotopic (exact) mass is 446 g/mol. The fourth-order valence-electron chi connectivity index (χ4n) is 3.70. The maximum atomic E-state index is 13.3. The molecule has 2 unspecified atom stereocenters. The normalized spacial score (nSPS) is 20.0. The summed E-state index contributed by atoms with van der Waals surface area (Å²) in [5.74, 6) is -0.198. The maximum absolute atomic E-state index is 13.3. The van der Waals surface area contributed by atoms with Crippen molar-refractivity contribution in [1.82, 2.24) is 9.88 Å². The van der Waals surface area contributed by atoms with Crippen LogP contribution in [0.1, 0.15) is 25.0 Å². The minimum atomic E-state index is -4.56. The van der Waals surface area contributed by atoms with Crippen LogP contribution < -0.4 is 10.2 Å². The Bertz CT molecular complexity index is 917. The molecule has 31 heavy (non-hydrogen) atoms. The van der Waals surface area contributed by atoms with Gasteiger partial charge in [0.25, 0.3) is 0 Å². The number of carbonyl (C=O) groups excluding carboxylic acids is 1. The average molecular weight is 446 g/mol. The highest BCUT2D eigenvalue weighted by molar-refractivity contribution is 5.90. The number of hydrogen-bond donors (Lipinski definition) is 1. The summed E-state index contributed by atoms with van der Waals surface area (Å²) in [5.41, 5.74) is -1.50. The van der Waals surface area contributed by atoms with E-state index in [9.17, 15) is 31.1 Å². The van der Waals surface area contributed by atoms with Gasteiger partial charge in [-0.25, -0.2) is 9.78 Å². The molecule has 0 radical (unpaired) electrons. The molecule has 1 aromatic heterocycles. The Morgan fingerprint density at radius 3 is 2.06 bits per heavy atom. The van der Waals surface area contributed by atoms with E-state index >= 15 is 0 Å². The van der Waals surface area contributed by atoms with Gasteiger partial charge >= 0.3 is 18.4 Å². The van der Waals surface area contributed by atoms with E-state index in [0.29, 0.717) is 0 Å². The number of hydrogen-bond acceptors (Lipinski definition) is 3. The number of amides is 2. The molecule has 1 aliphatic rings. The standard InChI is InChI=1S/C20H20F6N4O/c1-12-10-29(17-16(20(24,25)26)4-3-9-27-17)11-13(2)30(12)18(31)28-15-7-5-14(6-8-15)19(21,22)23/h3-9,12-13H,10-11H2,1-2H3,(H,28,31). The van der Waals surface area contributed by atoms with Gasteiger partial charge in [-0.15, -0.1) is 0 Å². The van der Waals surface area contributed by atoms with Crippen molar-refractivity contribution < 1.29 is 31.1 Å². The van der Waals surface area contributed by atoms with Crippen molar-refractivity contribution in [3.63, 3.8) is 0 Å². The third-order valence-electron chi connectivity index (χ3n) is 5.01. The number of carbonyl (C=O) groups is 1. The van der Waals surface area contributed by atoms with E-state index in [2.05, 4.69) is 10.3 Å². The number of alkyl halides is 6. The second-order valence-corrected chi connectivity index (χ2v) is 7.39. The average Bonchev–Trinajstić information content (AvgIpc) is 2.66. The van der Waals surface area contributed by atoms with Crippen molar-refractivity contribution in [3.05, 3.63) is 53.7 Å². The van der Waals surface area contributed by atoms with Gasteiger partial charge < -0.3 is 15.1 Å². The Kier molecular flexibility index (Phi) is 6.06. The van der Waals surface area contributed by atoms with E-state index in [1.165, 1.54) is 22.1 Å². The summed E-state index contributed by atoms with van der Waals surface area (Å²) < 4.78 is 78.0. The largest absolute Gasteiger partial charge is 0.419 e. The third kappa shape index (κ3) is 5.02. The van der Waals surface area contributed by atoms with Crippen LogP contribution in [0.5, 0.6) is 0 Å². The van der Waals surface area contributed by atoms with Gasteiger partial charge in [-0.05, 0) is 50.2 Å². The van der Waals surface area contributed by atoms with Crippen molar-refractivity contribution in [2.45, 2.75) is 38.3 Å². The molecule has 0 spiro atoms. The van der Waals surface area contributed by atoms with Crippen molar-refractivity contribution in [3.8, 4) is 0 Å². The van der Waals surface area contributed by atoms with Gasteiger partial charge in [0.1, 0.15) is 5.82 Å². The van der Waals surface area contributed by atoms with Crippen molar-refractivity contribution in [2.24, 2.45) is 0 Å². The molecule has 1 aromatic carbocycles. The predicted molar refractivity (Wildman–Crippen MR) is 103 cm³/mol. The van der Waals surface area contributed by atoms with Crippen LogP contribution in [-0.4, -0.2) is 41.1 Å². The smallest absolute Gasteiger partial charge is 0.352 e. The fraction of sp³-hybridized carbons (Fsp3) is 0.400. The summed E-state index contributed by atoms with van der Waals surface area (Å²) in [6, 6.07) is 4.71. The molecule has 1 fully saturated rings. The van der Waals surface area contributed by atoms with Crippen molar-refractivity contribution >= 4 is 17.5 Å². The molecular weight excluding hydrogens is 426 g/mol. The Morgan fingerprint density at radius 1 is 0.968 bits per heavy atom. The number of pyridine rings is 1. The zero-order valence-corrected chi connectivity index (χ0v) is 16.6. The Morgan fingerprint density at radius 2 is 1.55 bits per heavy atom. The number of anilines is 2. The number of rotatable bonds is 2. The first-order chi connectivity index (χ1) is 14.4. The summed E-state index contributed by atoms with van der Waals surface area (Å²) in [4.78, 5) is 19.6. The molecule has 168 valence electrons. The first-order valence-corrected chi connectivity index (χ1v) is 9.41. The number of benzene rings is 1. The van der Waals surface area contributed by atoms with Crippen LogP contribution in [0, 0.1) is 0 Å². The molecular formula is C20H20F6N4O. The Balaban J connectivity index is 1.73. The summed E-state index contributed by atoms with van der Waals surface area (Å²) in [6.45, 7) is 3.60. The van der Waals surface area contributed by atoms with Crippen LogP contribution in [0.2, 0.25) is 0 Å². The lowest BCUT2D eigenvalue weighted by molar-refractivity contribution is -0.138. The van der Waals surface area contributed by atoms with Gasteiger partial charge in [0, 0.05) is 37.1 Å². The first-order valence-electron chi connectivity index (χ1n) is 9.41. The van der Waals surface area contributed by atoms with Crippen LogP contribution in [0.4, 0.5) is 42.6 Å². The second-order valence-electron chi connectivity index (χ2n) is 7.39. The lowest BCUT2D eigenvalue weighted by atomic mass is 10.1. The molecule has 0 saturated carbocycles. The lowest BCUT2D eigenvalue weighted by Gasteiger charge is -2.45. The van der Waals surface area contributed by atoms with Gasteiger partial charge in [0.05, 0.1) is 11.1 Å². The number of nitrogens with one attached hydrogen (secondary N) is 1. The zero-order chi connectivity index (χ0) is 23.0. The molecule has 11 heteroatoms. The predicted octanol–water partition coefficient (Wildman–Crippen LogP) is 5.25. The SMILES string of the molecule is CC1CN(c2ncccc2C(F)(F)F)CC(C)N1C(=O)Nc1ccc(C(F)(F)F)cc1. The molecule has 3 rings (SSSR count). The number of halogens is 6. The minimum Gasteiger partial charge on any atom is -0.352 e. The van der Waals surface area contributed by atoms with E-state index in [-0.39, 0.29) is 24.6 Å². The van der Waals surface area contributed by atoms with E-state index < -0.39 is 41.6 Å². The molecule has 0 aliphatic carbocycles. The number of urea groups is 1. The number of nitrogens with zero attached hydrogens (tertiary/aromatic N) is 3. The van der Waals surface area contributed by atoms with Crippen LogP contribution in [-0.2, 0) is 12.4 Å². The van der Waals surface area contributed by atoms with E-state index in [1.54, 1.807) is 13.8 Å². The van der Waals surface area contributed by atoms with Crippen LogP contribution in [0.25, 0.3) is 0 Å². The zero-order valence-electron chi connectivity index (χ0n) is 16.6. The van der Waals surface area contributed by atoms with Crippen LogP contribution in [0.15, 0.2) is 42.6 Å². The molecule has 1 N–H and O–H groups in total. The highest BCUT2D eigenvalue weighted by atomic mass is 19.4. The van der Waals surface area contributed by atoms with Crippen molar-refractivity contribution in [1.29, 1.82) is 0 Å². The summed E-state index contributed by atoms with van der Waals surface area (Å²) in [7, 11) is 0. The molecule has 0 bridgehead atoms. The van der Waals surface area contributed by atoms with Gasteiger partial charge in [-0.3, -0.25) is 0 Å². The highest BCUT2D eigenvalue weighted by Gasteiger charge is 2.39. The summed E-state index contributed by atoms with van der Waals surface area (Å²) in [5, 5.41) is 2.55. The molecule has 1 saturated heterocycles.